The molecule has 0 N–H and O–H groups in total. The normalized spacial score (nSPS) is 10.8. The number of hydrogen-bond donors (Lipinski definition) is 0. The Balaban J connectivity index is 1.98. The second-order valence-electron chi connectivity index (χ2n) is 5.01. The molecule has 0 aliphatic carbocycles. The predicted molar refractivity (Wildman–Crippen MR) is 93.4 cm³/mol. The van der Waals surface area contributed by atoms with Crippen LogP contribution in [0.1, 0.15) is 0 Å². The number of benzene rings is 2. The van der Waals surface area contributed by atoms with E-state index in [1.54, 1.807) is 9.87 Å². The van der Waals surface area contributed by atoms with Gasteiger partial charge >= 0.3 is 139 Å². The first-order chi connectivity index (χ1) is 11.3. The van der Waals surface area contributed by atoms with Crippen LogP contribution in [-0.4, -0.2) is 23.4 Å². The minimum atomic E-state index is -0.181. The van der Waals surface area contributed by atoms with E-state index in [0.29, 0.717) is 5.39 Å². The standard InChI is InChI=1S/C18H13N3OSe/c22-18-16-12-7-13-19-17(16)23-21(18)20(14-8-3-1-4-9-14)15-10-5-2-6-11-15/h1-13H. The molecule has 4 nitrogen and oxygen atoms in total. The molecule has 2 aromatic carbocycles. The summed E-state index contributed by atoms with van der Waals surface area (Å²) in [6.07, 6.45) is 1.74. The van der Waals surface area contributed by atoms with Crippen molar-refractivity contribution < 1.29 is 0 Å². The van der Waals surface area contributed by atoms with Crippen molar-refractivity contribution in [1.82, 2.24) is 8.66 Å². The number of hydrogen-bond acceptors (Lipinski definition) is 3. The molecule has 112 valence electrons. The van der Waals surface area contributed by atoms with E-state index in [2.05, 4.69) is 4.98 Å². The van der Waals surface area contributed by atoms with Gasteiger partial charge in [0.25, 0.3) is 0 Å². The zero-order chi connectivity index (χ0) is 15.6. The Morgan fingerprint density at radius 1 is 0.826 bits per heavy atom. The molecule has 0 bridgehead atoms. The van der Waals surface area contributed by atoms with Crippen molar-refractivity contribution >= 4 is 35.9 Å². The number of pyridine rings is 1. The summed E-state index contributed by atoms with van der Waals surface area (Å²) < 4.78 is 2.68. The molecule has 4 aromatic rings. The molecule has 0 aliphatic heterocycles. The Hall–Kier alpha value is -2.62. The average molecular weight is 366 g/mol. The Labute approximate surface area is 139 Å². The van der Waals surface area contributed by atoms with Crippen LogP contribution < -0.4 is 10.6 Å². The predicted octanol–water partition coefficient (Wildman–Crippen LogP) is 3.05. The first-order valence-electron chi connectivity index (χ1n) is 7.22. The van der Waals surface area contributed by atoms with Crippen molar-refractivity contribution in [2.75, 3.05) is 5.01 Å². The number of nitrogens with zero attached hydrogens (tertiary/aromatic N) is 3. The number of aromatic nitrogens is 2. The monoisotopic (exact) mass is 367 g/mol. The van der Waals surface area contributed by atoms with Crippen molar-refractivity contribution in [2.24, 2.45) is 0 Å². The summed E-state index contributed by atoms with van der Waals surface area (Å²) in [5.74, 6) is 0. The number of anilines is 2. The Morgan fingerprint density at radius 2 is 1.43 bits per heavy atom. The SMILES string of the molecule is O=c1c2cccnc2[se]n1N(c1ccccc1)c1ccccc1. The van der Waals surface area contributed by atoms with Crippen molar-refractivity contribution in [3.05, 3.63) is 89.3 Å². The topological polar surface area (TPSA) is 38.1 Å². The van der Waals surface area contributed by atoms with Gasteiger partial charge in [0, 0.05) is 0 Å². The first kappa shape index (κ1) is 14.0. The molecule has 4 rings (SSSR count). The van der Waals surface area contributed by atoms with E-state index in [-0.39, 0.29) is 20.3 Å². The summed E-state index contributed by atoms with van der Waals surface area (Å²) in [5, 5.41) is 2.67. The van der Waals surface area contributed by atoms with Crippen LogP contribution in [0.5, 0.6) is 0 Å². The molecule has 2 heterocycles. The fraction of sp³-hybridized carbons (Fsp3) is 0. The van der Waals surface area contributed by atoms with E-state index in [4.69, 9.17) is 0 Å². The van der Waals surface area contributed by atoms with Crippen molar-refractivity contribution in [3.8, 4) is 0 Å². The van der Waals surface area contributed by atoms with E-state index < -0.39 is 0 Å². The quantitative estimate of drug-likeness (QED) is 0.523. The molecule has 5 heteroatoms. The van der Waals surface area contributed by atoms with E-state index in [0.717, 1.165) is 15.8 Å². The van der Waals surface area contributed by atoms with E-state index >= 15 is 0 Å². The molecule has 2 aromatic heterocycles. The van der Waals surface area contributed by atoms with Crippen LogP contribution in [0.15, 0.2) is 83.8 Å². The van der Waals surface area contributed by atoms with Gasteiger partial charge in [-0.1, -0.05) is 0 Å². The second-order valence-corrected chi connectivity index (χ2v) is 6.93. The van der Waals surface area contributed by atoms with Crippen LogP contribution in [0, 0.1) is 0 Å². The molecule has 0 unspecified atom stereocenters. The zero-order valence-electron chi connectivity index (χ0n) is 12.2. The molecule has 0 saturated carbocycles. The summed E-state index contributed by atoms with van der Waals surface area (Å²) in [6, 6.07) is 23.5. The molecule has 0 atom stereocenters. The summed E-state index contributed by atoms with van der Waals surface area (Å²) in [5.41, 5.74) is 1.92. The number of para-hydroxylation sites is 2. The molecular weight excluding hydrogens is 353 g/mol. The van der Waals surface area contributed by atoms with Gasteiger partial charge in [0.15, 0.2) is 0 Å². The van der Waals surface area contributed by atoms with E-state index in [9.17, 15) is 4.79 Å². The molecule has 0 aliphatic rings. The average Bonchev–Trinajstić information content (AvgIpc) is 2.94. The first-order valence-corrected chi connectivity index (χ1v) is 8.84. The molecule has 0 saturated heterocycles. The Morgan fingerprint density at radius 3 is 2.00 bits per heavy atom. The van der Waals surface area contributed by atoms with Crippen molar-refractivity contribution in [1.29, 1.82) is 0 Å². The van der Waals surface area contributed by atoms with Crippen molar-refractivity contribution in [2.45, 2.75) is 0 Å². The van der Waals surface area contributed by atoms with Gasteiger partial charge in [0.2, 0.25) is 0 Å². The molecule has 0 amide bonds. The Kier molecular flexibility index (Phi) is 3.58. The van der Waals surface area contributed by atoms with E-state index in [1.807, 2.05) is 77.8 Å². The van der Waals surface area contributed by atoms with Gasteiger partial charge in [0.1, 0.15) is 0 Å². The third kappa shape index (κ3) is 2.50. The molecule has 0 radical (unpaired) electrons. The van der Waals surface area contributed by atoms with Crippen LogP contribution in [0.2, 0.25) is 0 Å². The fourth-order valence-corrected chi connectivity index (χ4v) is 4.53. The van der Waals surface area contributed by atoms with Crippen LogP contribution in [0.25, 0.3) is 9.78 Å². The van der Waals surface area contributed by atoms with Gasteiger partial charge < -0.3 is 0 Å². The van der Waals surface area contributed by atoms with Crippen LogP contribution >= 0.6 is 0 Å². The third-order valence-electron chi connectivity index (χ3n) is 3.53. The maximum atomic E-state index is 12.8. The van der Waals surface area contributed by atoms with Crippen LogP contribution in [0.4, 0.5) is 11.4 Å². The molecular formula is C18H13N3OSe. The van der Waals surface area contributed by atoms with Gasteiger partial charge in [-0.2, -0.15) is 0 Å². The summed E-state index contributed by atoms with van der Waals surface area (Å²) >= 11 is -0.181. The fourth-order valence-electron chi connectivity index (χ4n) is 2.48. The van der Waals surface area contributed by atoms with Gasteiger partial charge in [-0.3, -0.25) is 0 Å². The third-order valence-corrected chi connectivity index (χ3v) is 5.63. The van der Waals surface area contributed by atoms with Gasteiger partial charge in [-0.25, -0.2) is 0 Å². The summed E-state index contributed by atoms with van der Waals surface area (Å²) in [6.45, 7) is 0. The maximum absolute atomic E-state index is 12.8. The van der Waals surface area contributed by atoms with Crippen LogP contribution in [-0.2, 0) is 0 Å². The van der Waals surface area contributed by atoms with Gasteiger partial charge in [-0.15, -0.1) is 0 Å². The zero-order valence-corrected chi connectivity index (χ0v) is 13.9. The molecule has 0 spiro atoms. The van der Waals surface area contributed by atoms with Crippen molar-refractivity contribution in [3.63, 3.8) is 0 Å². The minimum absolute atomic E-state index is 0.000746. The summed E-state index contributed by atoms with van der Waals surface area (Å²) in [7, 11) is 0. The second kappa shape index (κ2) is 5.88. The number of rotatable bonds is 3. The summed E-state index contributed by atoms with van der Waals surface area (Å²) in [4.78, 5) is 17.2. The van der Waals surface area contributed by atoms with E-state index in [1.165, 1.54) is 0 Å². The van der Waals surface area contributed by atoms with Gasteiger partial charge in [-0.05, 0) is 0 Å². The molecule has 23 heavy (non-hydrogen) atoms. The van der Waals surface area contributed by atoms with Gasteiger partial charge in [0.05, 0.1) is 0 Å². The molecule has 0 fully saturated rings. The number of fused-ring (bicyclic) bond motifs is 1. The Bertz CT molecular complexity index is 953. The van der Waals surface area contributed by atoms with Crippen LogP contribution in [0.3, 0.4) is 0 Å².